The number of carbonyl (C=O) groups excluding carboxylic acids is 1. The van der Waals surface area contributed by atoms with E-state index < -0.39 is 0 Å². The van der Waals surface area contributed by atoms with Crippen molar-refractivity contribution in [1.82, 2.24) is 10.6 Å². The van der Waals surface area contributed by atoms with E-state index in [1.165, 1.54) is 0 Å². The number of carbonyl (C=O) groups is 1. The van der Waals surface area contributed by atoms with Crippen LogP contribution in [0.2, 0.25) is 0 Å². The standard InChI is InChI=1S/C13H24N2O2/c1-2-13(7-8-14-9-13)12(17)15-10-3-5-11(16)6-4-10/h10-11,14,16H,2-9H2,1H3,(H,15,17). The second kappa shape index (κ2) is 5.36. The Balaban J connectivity index is 1.87. The van der Waals surface area contributed by atoms with Crippen LogP contribution in [-0.2, 0) is 4.79 Å². The van der Waals surface area contributed by atoms with Crippen LogP contribution in [-0.4, -0.2) is 36.2 Å². The highest BCUT2D eigenvalue weighted by Crippen LogP contribution is 2.30. The first-order chi connectivity index (χ1) is 8.16. The summed E-state index contributed by atoms with van der Waals surface area (Å²) in [7, 11) is 0. The maximum absolute atomic E-state index is 12.3. The molecule has 1 saturated carbocycles. The van der Waals surface area contributed by atoms with Crippen LogP contribution in [0.4, 0.5) is 0 Å². The van der Waals surface area contributed by atoms with E-state index in [1.807, 2.05) is 0 Å². The van der Waals surface area contributed by atoms with Gasteiger partial charge in [0.2, 0.25) is 5.91 Å². The fourth-order valence-electron chi connectivity index (χ4n) is 2.96. The molecule has 2 fully saturated rings. The Labute approximate surface area is 103 Å². The Hall–Kier alpha value is -0.610. The maximum atomic E-state index is 12.3. The van der Waals surface area contributed by atoms with Gasteiger partial charge in [0.25, 0.3) is 0 Å². The van der Waals surface area contributed by atoms with Gasteiger partial charge in [0.05, 0.1) is 11.5 Å². The molecule has 2 rings (SSSR count). The molecule has 0 aromatic carbocycles. The van der Waals surface area contributed by atoms with E-state index in [0.29, 0.717) is 0 Å². The van der Waals surface area contributed by atoms with Gasteiger partial charge in [-0.1, -0.05) is 6.92 Å². The molecule has 1 unspecified atom stereocenters. The molecule has 0 bridgehead atoms. The van der Waals surface area contributed by atoms with E-state index in [-0.39, 0.29) is 23.5 Å². The summed E-state index contributed by atoms with van der Waals surface area (Å²) in [5.74, 6) is 0.214. The average molecular weight is 240 g/mol. The van der Waals surface area contributed by atoms with E-state index in [4.69, 9.17) is 0 Å². The lowest BCUT2D eigenvalue weighted by molar-refractivity contribution is -0.131. The molecule has 0 spiro atoms. The Bertz CT molecular complexity index is 267. The molecule has 4 nitrogen and oxygen atoms in total. The lowest BCUT2D eigenvalue weighted by Gasteiger charge is -2.31. The number of hydrogen-bond donors (Lipinski definition) is 3. The summed E-state index contributed by atoms with van der Waals surface area (Å²) < 4.78 is 0. The summed E-state index contributed by atoms with van der Waals surface area (Å²) in [6.07, 6.45) is 5.17. The Morgan fingerprint density at radius 2 is 2.12 bits per heavy atom. The molecule has 1 saturated heterocycles. The molecule has 98 valence electrons. The van der Waals surface area contributed by atoms with Gasteiger partial charge in [-0.25, -0.2) is 0 Å². The van der Waals surface area contributed by atoms with Gasteiger partial charge in [-0.2, -0.15) is 0 Å². The van der Waals surface area contributed by atoms with Crippen LogP contribution < -0.4 is 10.6 Å². The molecule has 1 atom stereocenters. The summed E-state index contributed by atoms with van der Waals surface area (Å²) in [5.41, 5.74) is -0.184. The highest BCUT2D eigenvalue weighted by atomic mass is 16.3. The minimum Gasteiger partial charge on any atom is -0.393 e. The third kappa shape index (κ3) is 2.80. The van der Waals surface area contributed by atoms with E-state index in [9.17, 15) is 9.90 Å². The van der Waals surface area contributed by atoms with Crippen molar-refractivity contribution in [3.8, 4) is 0 Å². The minimum absolute atomic E-state index is 0.156. The molecule has 0 aromatic rings. The summed E-state index contributed by atoms with van der Waals surface area (Å²) in [6.45, 7) is 3.85. The molecule has 0 aromatic heterocycles. The van der Waals surface area contributed by atoms with Crippen molar-refractivity contribution in [3.05, 3.63) is 0 Å². The Morgan fingerprint density at radius 1 is 1.41 bits per heavy atom. The van der Waals surface area contributed by atoms with Crippen LogP contribution in [0.5, 0.6) is 0 Å². The average Bonchev–Trinajstić information content (AvgIpc) is 2.82. The van der Waals surface area contributed by atoms with Gasteiger partial charge in [-0.3, -0.25) is 4.79 Å². The van der Waals surface area contributed by atoms with Crippen LogP contribution >= 0.6 is 0 Å². The molecule has 1 amide bonds. The number of hydrogen-bond acceptors (Lipinski definition) is 3. The molecule has 0 radical (unpaired) electrons. The highest BCUT2D eigenvalue weighted by molar-refractivity contribution is 5.83. The zero-order valence-electron chi connectivity index (χ0n) is 10.7. The lowest BCUT2D eigenvalue weighted by Crippen LogP contribution is -2.47. The normalized spacial score (nSPS) is 38.0. The van der Waals surface area contributed by atoms with Gasteiger partial charge in [0.15, 0.2) is 0 Å². The minimum atomic E-state index is -0.184. The number of aliphatic hydroxyl groups is 1. The van der Waals surface area contributed by atoms with E-state index in [1.54, 1.807) is 0 Å². The first-order valence-electron chi connectivity index (χ1n) is 6.86. The largest absolute Gasteiger partial charge is 0.393 e. The molecule has 3 N–H and O–H groups in total. The van der Waals surface area contributed by atoms with Crippen molar-refractivity contribution in [2.75, 3.05) is 13.1 Å². The highest BCUT2D eigenvalue weighted by Gasteiger charge is 2.40. The summed E-state index contributed by atoms with van der Waals surface area (Å²) >= 11 is 0. The predicted octanol–water partition coefficient (Wildman–Crippen LogP) is 0.796. The number of nitrogens with one attached hydrogen (secondary N) is 2. The number of amides is 1. The van der Waals surface area contributed by atoms with Crippen molar-refractivity contribution < 1.29 is 9.90 Å². The molecular weight excluding hydrogens is 216 g/mol. The van der Waals surface area contributed by atoms with E-state index >= 15 is 0 Å². The van der Waals surface area contributed by atoms with Crippen molar-refractivity contribution >= 4 is 5.91 Å². The van der Waals surface area contributed by atoms with E-state index in [2.05, 4.69) is 17.6 Å². The predicted molar refractivity (Wildman–Crippen MR) is 66.6 cm³/mol. The summed E-state index contributed by atoms with van der Waals surface area (Å²) in [4.78, 5) is 12.3. The molecule has 1 heterocycles. The van der Waals surface area contributed by atoms with Gasteiger partial charge in [-0.05, 0) is 45.1 Å². The maximum Gasteiger partial charge on any atom is 0.227 e. The molecule has 4 heteroatoms. The second-order valence-corrected chi connectivity index (χ2v) is 5.54. The van der Waals surface area contributed by atoms with E-state index in [0.717, 1.165) is 51.6 Å². The first-order valence-corrected chi connectivity index (χ1v) is 6.86. The number of rotatable bonds is 3. The molecule has 2 aliphatic rings. The van der Waals surface area contributed by atoms with Gasteiger partial charge in [0, 0.05) is 12.6 Å². The van der Waals surface area contributed by atoms with Crippen molar-refractivity contribution in [2.45, 2.75) is 57.6 Å². The number of aliphatic hydroxyl groups excluding tert-OH is 1. The fraction of sp³-hybridized carbons (Fsp3) is 0.923. The summed E-state index contributed by atoms with van der Waals surface area (Å²) in [6, 6.07) is 0.273. The van der Waals surface area contributed by atoms with Crippen LogP contribution in [0.1, 0.15) is 45.4 Å². The SMILES string of the molecule is CCC1(C(=O)NC2CCC(O)CC2)CCNC1. The zero-order chi connectivity index (χ0) is 12.3. The smallest absolute Gasteiger partial charge is 0.227 e. The van der Waals surface area contributed by atoms with Gasteiger partial charge in [0.1, 0.15) is 0 Å². The molecule has 1 aliphatic carbocycles. The fourth-order valence-corrected chi connectivity index (χ4v) is 2.96. The topological polar surface area (TPSA) is 61.4 Å². The zero-order valence-corrected chi connectivity index (χ0v) is 10.7. The van der Waals surface area contributed by atoms with Crippen molar-refractivity contribution in [2.24, 2.45) is 5.41 Å². The lowest BCUT2D eigenvalue weighted by atomic mass is 9.82. The van der Waals surface area contributed by atoms with Gasteiger partial charge in [-0.15, -0.1) is 0 Å². The molecule has 1 aliphatic heterocycles. The Morgan fingerprint density at radius 3 is 2.65 bits per heavy atom. The van der Waals surface area contributed by atoms with Crippen molar-refractivity contribution in [3.63, 3.8) is 0 Å². The third-order valence-electron chi connectivity index (χ3n) is 4.43. The Kier molecular flexibility index (Phi) is 4.05. The molecule has 17 heavy (non-hydrogen) atoms. The van der Waals surface area contributed by atoms with Crippen LogP contribution in [0.15, 0.2) is 0 Å². The van der Waals surface area contributed by atoms with Crippen LogP contribution in [0, 0.1) is 5.41 Å². The monoisotopic (exact) mass is 240 g/mol. The summed E-state index contributed by atoms with van der Waals surface area (Å²) in [5, 5.41) is 15.9. The first kappa shape index (κ1) is 12.8. The van der Waals surface area contributed by atoms with Gasteiger partial charge >= 0.3 is 0 Å². The van der Waals surface area contributed by atoms with Crippen molar-refractivity contribution in [1.29, 1.82) is 0 Å². The van der Waals surface area contributed by atoms with Gasteiger partial charge < -0.3 is 15.7 Å². The third-order valence-corrected chi connectivity index (χ3v) is 4.43. The van der Waals surface area contributed by atoms with Crippen LogP contribution in [0.3, 0.4) is 0 Å². The second-order valence-electron chi connectivity index (χ2n) is 5.54. The quantitative estimate of drug-likeness (QED) is 0.683. The van der Waals surface area contributed by atoms with Crippen LogP contribution in [0.25, 0.3) is 0 Å². The molecular formula is C13H24N2O2.